The molecule has 0 aliphatic carbocycles. The number of pyridine rings is 1. The summed E-state index contributed by atoms with van der Waals surface area (Å²) in [5, 5.41) is 13.6. The number of ether oxygens (including phenoxy) is 2. The number of esters is 2. The van der Waals surface area contributed by atoms with Crippen molar-refractivity contribution >= 4 is 63.6 Å². The fourth-order valence-electron chi connectivity index (χ4n) is 6.46. The molecule has 0 fully saturated rings. The number of nitrogens with one attached hydrogen (secondary N) is 5. The van der Waals surface area contributed by atoms with Gasteiger partial charge in [-0.2, -0.15) is 0 Å². The minimum Gasteiger partial charge on any atom is -0.427 e. The van der Waals surface area contributed by atoms with E-state index >= 15 is 0 Å². The fourth-order valence-corrected chi connectivity index (χ4v) is 7.18. The van der Waals surface area contributed by atoms with E-state index in [0.29, 0.717) is 56.8 Å². The maximum atomic E-state index is 13.1. The van der Waals surface area contributed by atoms with Crippen molar-refractivity contribution in [2.24, 2.45) is 0 Å². The van der Waals surface area contributed by atoms with E-state index in [0.717, 1.165) is 36.5 Å². The summed E-state index contributed by atoms with van der Waals surface area (Å²) >= 11 is 1.32. The number of hydrogen-bond acceptors (Lipinski definition) is 11. The Kier molecular flexibility index (Phi) is 14.0. The average Bonchev–Trinajstić information content (AvgIpc) is 3.90. The number of benzene rings is 2. The number of fused-ring (bicyclic) bond motifs is 1. The number of rotatable bonds is 17. The molecule has 0 spiro atoms. The van der Waals surface area contributed by atoms with Crippen LogP contribution in [0.15, 0.2) is 72.4 Å². The van der Waals surface area contributed by atoms with Crippen molar-refractivity contribution in [1.29, 1.82) is 0 Å². The summed E-state index contributed by atoms with van der Waals surface area (Å²) < 4.78 is 11.0. The van der Waals surface area contributed by atoms with Crippen molar-refractivity contribution in [2.75, 3.05) is 36.8 Å². The van der Waals surface area contributed by atoms with E-state index in [1.54, 1.807) is 60.9 Å². The highest BCUT2D eigenvalue weighted by molar-refractivity contribution is 7.14. The van der Waals surface area contributed by atoms with Crippen molar-refractivity contribution in [3.05, 3.63) is 106 Å². The Morgan fingerprint density at radius 1 is 0.898 bits per heavy atom. The number of hydrogen-bond donors (Lipinski definition) is 5. The van der Waals surface area contributed by atoms with Crippen LogP contribution in [0.4, 0.5) is 15.6 Å². The zero-order valence-electron chi connectivity index (χ0n) is 33.3. The third kappa shape index (κ3) is 11.1. The summed E-state index contributed by atoms with van der Waals surface area (Å²) in [6, 6.07) is 14.9. The van der Waals surface area contributed by atoms with Gasteiger partial charge in [-0.3, -0.25) is 29.5 Å². The van der Waals surface area contributed by atoms with Crippen LogP contribution >= 0.6 is 11.3 Å². The highest BCUT2D eigenvalue weighted by Gasteiger charge is 2.27. The molecule has 15 nitrogen and oxygen atoms in total. The number of carbonyl (C=O) groups excluding carboxylic acids is 5. The number of anilines is 2. The fraction of sp³-hybridized carbons (Fsp3) is 0.279. The molecular formula is C43H46N8O7S. The van der Waals surface area contributed by atoms with Crippen LogP contribution in [0, 0.1) is 13.8 Å². The van der Waals surface area contributed by atoms with Crippen LogP contribution in [-0.2, 0) is 20.9 Å². The number of urea groups is 1. The normalized spacial score (nSPS) is 12.6. The van der Waals surface area contributed by atoms with E-state index in [4.69, 9.17) is 9.47 Å². The van der Waals surface area contributed by atoms with Gasteiger partial charge < -0.3 is 35.3 Å². The minimum absolute atomic E-state index is 0.0153. The molecular weight excluding hydrogens is 773 g/mol. The van der Waals surface area contributed by atoms with Crippen LogP contribution in [0.1, 0.15) is 71.5 Å². The van der Waals surface area contributed by atoms with Crippen molar-refractivity contribution < 1.29 is 33.4 Å². The van der Waals surface area contributed by atoms with Gasteiger partial charge in [0.1, 0.15) is 11.5 Å². The minimum atomic E-state index is -0.544. The smallest absolute Gasteiger partial charge is 0.321 e. The van der Waals surface area contributed by atoms with E-state index < -0.39 is 18.0 Å². The van der Waals surface area contributed by atoms with Crippen LogP contribution in [0.2, 0.25) is 0 Å². The molecule has 0 unspecified atom stereocenters. The van der Waals surface area contributed by atoms with Gasteiger partial charge >= 0.3 is 18.0 Å². The molecule has 16 heteroatoms. The van der Waals surface area contributed by atoms with Gasteiger partial charge in [-0.1, -0.05) is 26.0 Å². The van der Waals surface area contributed by atoms with Gasteiger partial charge in [0.2, 0.25) is 0 Å². The molecule has 6 rings (SSSR count). The van der Waals surface area contributed by atoms with Crippen LogP contribution in [0.25, 0.3) is 22.9 Å². The average molecular weight is 819 g/mol. The molecule has 1 aliphatic rings. The van der Waals surface area contributed by atoms with Crippen molar-refractivity contribution in [2.45, 2.75) is 53.5 Å². The highest BCUT2D eigenvalue weighted by atomic mass is 32.1. The zero-order chi connectivity index (χ0) is 41.9. The second-order valence-electron chi connectivity index (χ2n) is 13.7. The monoisotopic (exact) mass is 818 g/mol. The first-order valence-corrected chi connectivity index (χ1v) is 20.2. The predicted molar refractivity (Wildman–Crippen MR) is 226 cm³/mol. The molecule has 0 atom stereocenters. The van der Waals surface area contributed by atoms with Gasteiger partial charge in [0.25, 0.3) is 11.8 Å². The van der Waals surface area contributed by atoms with E-state index in [9.17, 15) is 24.0 Å². The Morgan fingerprint density at radius 2 is 1.59 bits per heavy atom. The number of nitrogens with zero attached hydrogens (tertiary/aromatic N) is 3. The Morgan fingerprint density at radius 3 is 2.31 bits per heavy atom. The number of thiazole rings is 1. The quantitative estimate of drug-likeness (QED) is 0.0382. The lowest BCUT2D eigenvalue weighted by atomic mass is 10.0. The molecule has 0 radical (unpaired) electrons. The lowest BCUT2D eigenvalue weighted by molar-refractivity contribution is -0.136. The van der Waals surface area contributed by atoms with Gasteiger partial charge in [0.15, 0.2) is 5.13 Å². The predicted octanol–water partition coefficient (Wildman–Crippen LogP) is 6.72. The standard InChI is InChI=1S/C43H46N8O7S/c1-5-51(6-2)21-20-45-41(55)39-26(3)35(47-27(39)4)23-33-32-22-31(14-15-34(32)48-40(33)54)58-38(53)9-7-8-37(52)57-30-12-10-28(11-13-30)24-46-42(56)50-43-49-36(25-59-43)29-16-18-44-19-17-29/h10-19,22-23,25,47H,5-9,20-21,24H2,1-4H3,(H,45,55)(H,48,54)(H2,46,49,50,56)/b33-23-. The maximum Gasteiger partial charge on any atom is 0.321 e. The number of likely N-dealkylation sites (N-methyl/N-ethyl adjacent to an activating group) is 1. The van der Waals surface area contributed by atoms with Gasteiger partial charge in [0.05, 0.1) is 16.8 Å². The van der Waals surface area contributed by atoms with Crippen molar-refractivity contribution in [3.63, 3.8) is 0 Å². The molecule has 306 valence electrons. The third-order valence-corrected chi connectivity index (χ3v) is 10.4. The summed E-state index contributed by atoms with van der Waals surface area (Å²) in [7, 11) is 0. The molecule has 4 amide bonds. The summed E-state index contributed by atoms with van der Waals surface area (Å²) in [6.45, 7) is 11.1. The topological polar surface area (TPSA) is 197 Å². The Bertz CT molecular complexity index is 2350. The van der Waals surface area contributed by atoms with Crippen LogP contribution in [-0.4, -0.2) is 75.8 Å². The zero-order valence-corrected chi connectivity index (χ0v) is 34.1. The number of carbonyl (C=O) groups is 5. The number of amides is 4. The summed E-state index contributed by atoms with van der Waals surface area (Å²) in [5.74, 6) is -0.979. The molecule has 3 aromatic heterocycles. The van der Waals surface area contributed by atoms with Crippen molar-refractivity contribution in [3.8, 4) is 22.8 Å². The molecule has 0 saturated carbocycles. The second-order valence-corrected chi connectivity index (χ2v) is 14.6. The van der Waals surface area contributed by atoms with Crippen molar-refractivity contribution in [1.82, 2.24) is 30.5 Å². The SMILES string of the molecule is CCN(CC)CCNC(=O)c1c(C)[nH]c(/C=C2\C(=O)Nc3ccc(OC(=O)CCCC(=O)Oc4ccc(CNC(=O)Nc5nc(-c6ccncc6)cs5)cc4)cc32)c1C. The van der Waals surface area contributed by atoms with E-state index in [2.05, 4.69) is 55.0 Å². The van der Waals surface area contributed by atoms with Gasteiger partial charge in [0, 0.05) is 78.5 Å². The largest absolute Gasteiger partial charge is 0.427 e. The summed E-state index contributed by atoms with van der Waals surface area (Å²) in [4.78, 5) is 77.7. The molecule has 0 bridgehead atoms. The third-order valence-electron chi connectivity index (χ3n) is 9.68. The van der Waals surface area contributed by atoms with Gasteiger partial charge in [-0.25, -0.2) is 9.78 Å². The molecule has 5 aromatic rings. The van der Waals surface area contributed by atoms with Crippen LogP contribution < -0.4 is 30.7 Å². The molecule has 1 aliphatic heterocycles. The molecule has 0 saturated heterocycles. The van der Waals surface area contributed by atoms with Gasteiger partial charge in [-0.15, -0.1) is 11.3 Å². The Hall–Kier alpha value is -6.65. The lowest BCUT2D eigenvalue weighted by Gasteiger charge is -2.18. The Balaban J connectivity index is 0.943. The molecule has 2 aromatic carbocycles. The number of aromatic amines is 1. The molecule has 59 heavy (non-hydrogen) atoms. The first-order valence-electron chi connectivity index (χ1n) is 19.3. The van der Waals surface area contributed by atoms with E-state index in [-0.39, 0.29) is 43.4 Å². The summed E-state index contributed by atoms with van der Waals surface area (Å²) in [6.07, 6.45) is 5.20. The number of aryl methyl sites for hydroxylation is 1. The lowest BCUT2D eigenvalue weighted by Crippen LogP contribution is -2.35. The van der Waals surface area contributed by atoms with E-state index in [1.165, 1.54) is 11.3 Å². The molecule has 5 N–H and O–H groups in total. The number of H-pyrrole nitrogens is 1. The second kappa shape index (κ2) is 19.7. The van der Waals surface area contributed by atoms with E-state index in [1.807, 2.05) is 31.4 Å². The first kappa shape index (κ1) is 42.0. The first-order chi connectivity index (χ1) is 28.5. The van der Waals surface area contributed by atoms with Crippen LogP contribution in [0.5, 0.6) is 11.5 Å². The maximum absolute atomic E-state index is 13.1. The number of aromatic nitrogens is 3. The highest BCUT2D eigenvalue weighted by Crippen LogP contribution is 2.36. The molecule has 4 heterocycles. The van der Waals surface area contributed by atoms with Gasteiger partial charge in [-0.05, 0) is 93.0 Å². The van der Waals surface area contributed by atoms with Crippen LogP contribution in [0.3, 0.4) is 0 Å². The summed E-state index contributed by atoms with van der Waals surface area (Å²) in [5.41, 5.74) is 6.48. The Labute approximate surface area is 345 Å².